The highest BCUT2D eigenvalue weighted by Gasteiger charge is 2.09. The lowest BCUT2D eigenvalue weighted by Crippen LogP contribution is -2.07. The molecule has 0 saturated carbocycles. The van der Waals surface area contributed by atoms with Gasteiger partial charge in [0.2, 0.25) is 0 Å². The summed E-state index contributed by atoms with van der Waals surface area (Å²) >= 11 is 0. The van der Waals surface area contributed by atoms with Crippen molar-refractivity contribution >= 4 is 17.1 Å². The van der Waals surface area contributed by atoms with Gasteiger partial charge in [-0.15, -0.1) is 0 Å². The Balaban J connectivity index is 2.63. The third-order valence-corrected chi connectivity index (χ3v) is 2.33. The van der Waals surface area contributed by atoms with Crippen LogP contribution < -0.4 is 10.2 Å². The van der Waals surface area contributed by atoms with Crippen LogP contribution in [0.5, 0.6) is 5.75 Å². The van der Waals surface area contributed by atoms with Crippen LogP contribution in [0.15, 0.2) is 41.5 Å². The lowest BCUT2D eigenvalue weighted by molar-refractivity contribution is 0.481. The Morgan fingerprint density at radius 3 is 3.07 bits per heavy atom. The van der Waals surface area contributed by atoms with E-state index < -0.39 is 0 Å². The van der Waals surface area contributed by atoms with E-state index >= 15 is 0 Å². The summed E-state index contributed by atoms with van der Waals surface area (Å²) in [5.41, 5.74) is 0.861. The number of nitrogens with zero attached hydrogens (tertiary/aromatic N) is 1. The molecule has 3 heteroatoms. The van der Waals surface area contributed by atoms with Crippen molar-refractivity contribution in [1.29, 1.82) is 0 Å². The lowest BCUT2D eigenvalue weighted by atomic mass is 10.2. The zero-order valence-electron chi connectivity index (χ0n) is 7.31. The van der Waals surface area contributed by atoms with E-state index in [1.54, 1.807) is 30.8 Å². The summed E-state index contributed by atoms with van der Waals surface area (Å²) in [5.74, 6) is 0.725. The van der Waals surface area contributed by atoms with Crippen LogP contribution in [-0.2, 0) is 0 Å². The zero-order chi connectivity index (χ0) is 9.54. The Bertz CT molecular complexity index is 596. The van der Waals surface area contributed by atoms with Crippen molar-refractivity contribution < 1.29 is 4.74 Å². The zero-order valence-corrected chi connectivity index (χ0v) is 7.31. The molecule has 0 spiro atoms. The third kappa shape index (κ3) is 0.836. The van der Waals surface area contributed by atoms with E-state index in [4.69, 9.17) is 4.74 Å². The van der Waals surface area contributed by atoms with Crippen LogP contribution in [-0.4, -0.2) is 4.57 Å². The molecule has 0 unspecified atom stereocenters. The van der Waals surface area contributed by atoms with Crippen molar-refractivity contribution in [2.45, 2.75) is 0 Å². The predicted octanol–water partition coefficient (Wildman–Crippen LogP) is 1.82. The van der Waals surface area contributed by atoms with Crippen LogP contribution in [0.25, 0.3) is 17.1 Å². The second kappa shape index (κ2) is 2.48. The first-order valence-corrected chi connectivity index (χ1v) is 4.33. The second-order valence-corrected chi connectivity index (χ2v) is 3.14. The highest BCUT2D eigenvalue weighted by Crippen LogP contribution is 2.26. The minimum Gasteiger partial charge on any atom is -0.461 e. The van der Waals surface area contributed by atoms with Crippen LogP contribution in [0.3, 0.4) is 0 Å². The van der Waals surface area contributed by atoms with E-state index in [0.717, 1.165) is 11.3 Å². The highest BCUT2D eigenvalue weighted by atomic mass is 16.5. The van der Waals surface area contributed by atoms with Gasteiger partial charge in [0.15, 0.2) is 11.2 Å². The summed E-state index contributed by atoms with van der Waals surface area (Å²) in [6, 6.07) is 7.03. The van der Waals surface area contributed by atoms with Crippen LogP contribution >= 0.6 is 0 Å². The van der Waals surface area contributed by atoms with Crippen molar-refractivity contribution in [2.24, 2.45) is 0 Å². The van der Waals surface area contributed by atoms with E-state index in [2.05, 4.69) is 0 Å². The molecule has 3 rings (SSSR count). The Hall–Kier alpha value is -2.03. The average molecular weight is 185 g/mol. The number of aromatic nitrogens is 1. The van der Waals surface area contributed by atoms with E-state index in [1.807, 2.05) is 16.7 Å². The molecule has 1 aromatic heterocycles. The summed E-state index contributed by atoms with van der Waals surface area (Å²) in [4.78, 5) is 11.5. The standard InChI is InChI=1S/C11H7NO2/c13-9-4-5-12-6-7-14-10-3-1-2-8(9)11(10)12/h1-7H. The summed E-state index contributed by atoms with van der Waals surface area (Å²) in [5, 5.41) is 0.689. The van der Waals surface area contributed by atoms with Crippen LogP contribution in [0, 0.1) is 0 Å². The molecule has 2 heterocycles. The molecular weight excluding hydrogens is 178 g/mol. The average Bonchev–Trinajstić information content (AvgIpc) is 2.24. The lowest BCUT2D eigenvalue weighted by Gasteiger charge is -2.13. The van der Waals surface area contributed by atoms with Gasteiger partial charge in [0, 0.05) is 23.8 Å². The molecule has 68 valence electrons. The van der Waals surface area contributed by atoms with E-state index in [1.165, 1.54) is 0 Å². The second-order valence-electron chi connectivity index (χ2n) is 3.14. The Labute approximate surface area is 79.9 Å². The fraction of sp³-hybridized carbons (Fsp3) is 0. The van der Waals surface area contributed by atoms with E-state index in [9.17, 15) is 4.79 Å². The first-order valence-electron chi connectivity index (χ1n) is 4.33. The van der Waals surface area contributed by atoms with Gasteiger partial charge in [-0.05, 0) is 12.1 Å². The van der Waals surface area contributed by atoms with Gasteiger partial charge in [0.05, 0.1) is 5.52 Å². The number of benzene rings is 1. The maximum atomic E-state index is 11.5. The van der Waals surface area contributed by atoms with Gasteiger partial charge in [-0.1, -0.05) is 6.07 Å². The Morgan fingerprint density at radius 2 is 2.14 bits per heavy atom. The topological polar surface area (TPSA) is 31.2 Å². The monoisotopic (exact) mass is 185 g/mol. The molecule has 0 radical (unpaired) electrons. The normalized spacial score (nSPS) is 12.9. The summed E-state index contributed by atoms with van der Waals surface area (Å²) in [7, 11) is 0. The molecule has 0 fully saturated rings. The molecule has 14 heavy (non-hydrogen) atoms. The highest BCUT2D eigenvalue weighted by molar-refractivity contribution is 5.87. The van der Waals surface area contributed by atoms with Gasteiger partial charge in [0.1, 0.15) is 6.26 Å². The maximum Gasteiger partial charge on any atom is 0.189 e. The molecule has 0 saturated heterocycles. The fourth-order valence-electron chi connectivity index (χ4n) is 1.69. The number of rotatable bonds is 0. The number of para-hydroxylation sites is 1. The summed E-state index contributed by atoms with van der Waals surface area (Å²) < 4.78 is 7.19. The summed E-state index contributed by atoms with van der Waals surface area (Å²) in [6.45, 7) is 0. The van der Waals surface area contributed by atoms with Crippen LogP contribution in [0.1, 0.15) is 0 Å². The SMILES string of the molecule is O=c1ccn2c3c(cccc13)OC=C2. The van der Waals surface area contributed by atoms with Crippen molar-refractivity contribution in [2.75, 3.05) is 0 Å². The molecule has 0 N–H and O–H groups in total. The number of hydrogen-bond donors (Lipinski definition) is 0. The van der Waals surface area contributed by atoms with Crippen LogP contribution in [0.4, 0.5) is 0 Å². The Kier molecular flexibility index (Phi) is 1.31. The largest absolute Gasteiger partial charge is 0.461 e. The smallest absolute Gasteiger partial charge is 0.189 e. The quantitative estimate of drug-likeness (QED) is 0.626. The maximum absolute atomic E-state index is 11.5. The third-order valence-electron chi connectivity index (χ3n) is 2.33. The van der Waals surface area contributed by atoms with Gasteiger partial charge in [-0.3, -0.25) is 4.79 Å². The van der Waals surface area contributed by atoms with Gasteiger partial charge < -0.3 is 9.30 Å². The molecular formula is C11H7NO2. The molecule has 3 nitrogen and oxygen atoms in total. The van der Waals surface area contributed by atoms with Crippen LogP contribution in [0.2, 0.25) is 0 Å². The molecule has 1 aromatic carbocycles. The van der Waals surface area contributed by atoms with Crippen molar-refractivity contribution in [3.05, 3.63) is 46.9 Å². The molecule has 0 atom stereocenters. The Morgan fingerprint density at radius 1 is 1.21 bits per heavy atom. The van der Waals surface area contributed by atoms with Crippen molar-refractivity contribution in [3.8, 4) is 5.75 Å². The van der Waals surface area contributed by atoms with Crippen molar-refractivity contribution in [3.63, 3.8) is 0 Å². The van der Waals surface area contributed by atoms with Gasteiger partial charge in [-0.25, -0.2) is 0 Å². The minimum absolute atomic E-state index is 0.0250. The summed E-state index contributed by atoms with van der Waals surface area (Å²) in [6.07, 6.45) is 5.13. The van der Waals surface area contributed by atoms with Gasteiger partial charge >= 0.3 is 0 Å². The van der Waals surface area contributed by atoms with Gasteiger partial charge in [-0.2, -0.15) is 0 Å². The predicted molar refractivity (Wildman–Crippen MR) is 54.2 cm³/mol. The van der Waals surface area contributed by atoms with Gasteiger partial charge in [0.25, 0.3) is 0 Å². The number of ether oxygens (including phenoxy) is 1. The molecule has 2 aromatic rings. The molecule has 0 amide bonds. The molecule has 1 aliphatic heterocycles. The first-order chi connectivity index (χ1) is 6.86. The molecule has 1 aliphatic rings. The number of hydrogen-bond acceptors (Lipinski definition) is 2. The van der Waals surface area contributed by atoms with E-state index in [-0.39, 0.29) is 5.43 Å². The van der Waals surface area contributed by atoms with E-state index in [0.29, 0.717) is 5.39 Å². The first kappa shape index (κ1) is 7.38. The number of pyridine rings is 1. The fourth-order valence-corrected chi connectivity index (χ4v) is 1.69. The van der Waals surface area contributed by atoms with Crippen molar-refractivity contribution in [1.82, 2.24) is 4.57 Å². The molecule has 0 bridgehead atoms. The molecule has 0 aliphatic carbocycles. The minimum atomic E-state index is 0.0250.